The first kappa shape index (κ1) is 17.1. The zero-order valence-corrected chi connectivity index (χ0v) is 17.3. The number of rotatable bonds is 2. The minimum atomic E-state index is -0.503. The number of halogens is 1. The van der Waals surface area contributed by atoms with Gasteiger partial charge in [0.2, 0.25) is 0 Å². The number of hydrazine groups is 1. The summed E-state index contributed by atoms with van der Waals surface area (Å²) >= 11 is 6.97. The van der Waals surface area contributed by atoms with E-state index in [1.807, 2.05) is 0 Å². The van der Waals surface area contributed by atoms with Gasteiger partial charge >= 0.3 is 0 Å². The van der Waals surface area contributed by atoms with Gasteiger partial charge in [0.25, 0.3) is 5.91 Å². The average Bonchev–Trinajstić information content (AvgIpc) is 2.65. The van der Waals surface area contributed by atoms with Crippen molar-refractivity contribution in [1.82, 2.24) is 5.01 Å². The molecule has 1 aliphatic heterocycles. The number of amides is 1. The van der Waals surface area contributed by atoms with Gasteiger partial charge in [0.1, 0.15) is 5.54 Å². The Morgan fingerprint density at radius 2 is 1.64 bits per heavy atom. The summed E-state index contributed by atoms with van der Waals surface area (Å²) in [5, 5.41) is 6.87. The lowest BCUT2D eigenvalue weighted by atomic mass is 9.53. The molecular formula is C24H27ClN2O. The molecule has 3 nitrogen and oxygen atoms in total. The van der Waals surface area contributed by atoms with Crippen molar-refractivity contribution >= 4 is 34.0 Å². The fourth-order valence-corrected chi connectivity index (χ4v) is 7.68. The molecule has 1 heterocycles. The second kappa shape index (κ2) is 5.44. The van der Waals surface area contributed by atoms with Crippen molar-refractivity contribution in [2.45, 2.75) is 62.4 Å². The van der Waals surface area contributed by atoms with Gasteiger partial charge in [-0.2, -0.15) is 0 Å². The first-order valence-corrected chi connectivity index (χ1v) is 11.1. The highest BCUT2D eigenvalue weighted by atomic mass is 35.5. The molecule has 2 aromatic carbocycles. The van der Waals surface area contributed by atoms with Gasteiger partial charge in [-0.05, 0) is 75.2 Å². The fourth-order valence-electron chi connectivity index (χ4n) is 7.06. The van der Waals surface area contributed by atoms with E-state index in [1.54, 1.807) is 0 Å². The lowest BCUT2D eigenvalue weighted by Gasteiger charge is -2.67. The monoisotopic (exact) mass is 394 g/mol. The van der Waals surface area contributed by atoms with Crippen molar-refractivity contribution in [3.8, 4) is 0 Å². The minimum Gasteiger partial charge on any atom is -0.270 e. The van der Waals surface area contributed by atoms with Crippen LogP contribution in [0.1, 0.15) is 46.0 Å². The molecule has 2 atom stereocenters. The standard InChI is InChI=1S/C24H27ClN2O/c1-23(2)22(28)26(21-17-10-15-11-18(21)14-24(25,12-15)13-17)27(23)20-9-5-7-16-6-3-4-8-19(16)20/h3-9,15,17-18,21H,10-14H2,1-2H3/t15?,17-,18-,21?,24?/m0/s1. The Kier molecular flexibility index (Phi) is 3.33. The second-order valence-electron chi connectivity index (χ2n) is 10.1. The summed E-state index contributed by atoms with van der Waals surface area (Å²) in [6.07, 6.45) is 5.80. The number of carbonyl (C=O) groups excluding carboxylic acids is 1. The third-order valence-corrected chi connectivity index (χ3v) is 8.37. The molecule has 146 valence electrons. The number of carbonyl (C=O) groups is 1. The molecule has 4 aliphatic carbocycles. The van der Waals surface area contributed by atoms with E-state index in [4.69, 9.17) is 11.6 Å². The van der Waals surface area contributed by atoms with E-state index < -0.39 is 5.54 Å². The van der Waals surface area contributed by atoms with Crippen molar-refractivity contribution in [3.05, 3.63) is 42.5 Å². The zero-order chi connectivity index (χ0) is 19.3. The maximum absolute atomic E-state index is 13.4. The maximum atomic E-state index is 13.4. The smallest absolute Gasteiger partial charge is 0.268 e. The molecule has 2 aromatic rings. The van der Waals surface area contributed by atoms with Crippen LogP contribution >= 0.6 is 11.6 Å². The average molecular weight is 395 g/mol. The van der Waals surface area contributed by atoms with E-state index in [0.717, 1.165) is 24.4 Å². The van der Waals surface area contributed by atoms with Gasteiger partial charge in [0.05, 0.1) is 11.7 Å². The van der Waals surface area contributed by atoms with Crippen LogP contribution in [-0.2, 0) is 4.79 Å². The quantitative estimate of drug-likeness (QED) is 0.639. The number of alkyl halides is 1. The van der Waals surface area contributed by atoms with E-state index in [-0.39, 0.29) is 10.8 Å². The lowest BCUT2D eigenvalue weighted by Crippen LogP contribution is -2.80. The molecule has 0 radical (unpaired) electrons. The summed E-state index contributed by atoms with van der Waals surface area (Å²) in [6.45, 7) is 4.12. The number of anilines is 1. The van der Waals surface area contributed by atoms with Gasteiger partial charge in [-0.1, -0.05) is 36.4 Å². The van der Waals surface area contributed by atoms with Gasteiger partial charge < -0.3 is 0 Å². The van der Waals surface area contributed by atoms with Crippen LogP contribution in [0.4, 0.5) is 5.69 Å². The van der Waals surface area contributed by atoms with Crippen LogP contribution in [0.2, 0.25) is 0 Å². The van der Waals surface area contributed by atoms with Gasteiger partial charge in [0, 0.05) is 10.3 Å². The van der Waals surface area contributed by atoms with E-state index in [2.05, 4.69) is 66.3 Å². The van der Waals surface area contributed by atoms with Gasteiger partial charge in [0.15, 0.2) is 0 Å². The van der Waals surface area contributed by atoms with Crippen LogP contribution in [0.3, 0.4) is 0 Å². The highest BCUT2D eigenvalue weighted by Crippen LogP contribution is 2.61. The van der Waals surface area contributed by atoms with Crippen LogP contribution in [-0.4, -0.2) is 27.4 Å². The van der Waals surface area contributed by atoms with Gasteiger partial charge in [-0.3, -0.25) is 9.80 Å². The predicted molar refractivity (Wildman–Crippen MR) is 113 cm³/mol. The molecule has 4 saturated carbocycles. The van der Waals surface area contributed by atoms with Crippen LogP contribution in [0.25, 0.3) is 10.8 Å². The van der Waals surface area contributed by atoms with Crippen molar-refractivity contribution in [2.24, 2.45) is 17.8 Å². The van der Waals surface area contributed by atoms with Crippen LogP contribution < -0.4 is 5.01 Å². The molecule has 5 aliphatic rings. The Morgan fingerprint density at radius 3 is 2.36 bits per heavy atom. The van der Waals surface area contributed by atoms with Crippen molar-refractivity contribution < 1.29 is 4.79 Å². The number of hydrogen-bond acceptors (Lipinski definition) is 2. The summed E-state index contributed by atoms with van der Waals surface area (Å²) in [7, 11) is 0. The lowest BCUT2D eigenvalue weighted by molar-refractivity contribution is -0.169. The number of benzene rings is 2. The van der Waals surface area contributed by atoms with Crippen LogP contribution in [0.15, 0.2) is 42.5 Å². The van der Waals surface area contributed by atoms with Crippen molar-refractivity contribution in [3.63, 3.8) is 0 Å². The molecule has 0 N–H and O–H groups in total. The largest absolute Gasteiger partial charge is 0.270 e. The molecule has 4 bridgehead atoms. The van der Waals surface area contributed by atoms with Gasteiger partial charge in [-0.15, -0.1) is 11.6 Å². The normalized spacial score (nSPS) is 38.2. The van der Waals surface area contributed by atoms with E-state index in [1.165, 1.54) is 30.0 Å². The third kappa shape index (κ3) is 2.14. The SMILES string of the molecule is CC1(C)C(=O)N(C2[C@H]3CC4C[C@H]2CC(Cl)(C4)C3)N1c1cccc2ccccc12. The Hall–Kier alpha value is -1.74. The molecule has 0 aromatic heterocycles. The summed E-state index contributed by atoms with van der Waals surface area (Å²) < 4.78 is 0. The molecule has 1 amide bonds. The van der Waals surface area contributed by atoms with E-state index in [9.17, 15) is 4.79 Å². The molecule has 1 saturated heterocycles. The van der Waals surface area contributed by atoms with E-state index in [0.29, 0.717) is 17.9 Å². The summed E-state index contributed by atoms with van der Waals surface area (Å²) in [5.41, 5.74) is 0.648. The Bertz CT molecular complexity index is 964. The predicted octanol–water partition coefficient (Wildman–Crippen LogP) is 5.37. The topological polar surface area (TPSA) is 23.6 Å². The molecule has 4 heteroatoms. The van der Waals surface area contributed by atoms with Crippen molar-refractivity contribution in [2.75, 3.05) is 5.01 Å². The zero-order valence-electron chi connectivity index (χ0n) is 16.6. The number of fused-ring (bicyclic) bond motifs is 1. The fraction of sp³-hybridized carbons (Fsp3) is 0.542. The molecule has 7 rings (SSSR count). The Balaban J connectivity index is 1.44. The number of hydrogen-bond donors (Lipinski definition) is 0. The third-order valence-electron chi connectivity index (χ3n) is 7.90. The summed E-state index contributed by atoms with van der Waals surface area (Å²) in [6, 6.07) is 15.2. The minimum absolute atomic E-state index is 0.000701. The molecule has 0 spiro atoms. The first-order chi connectivity index (χ1) is 13.4. The first-order valence-electron chi connectivity index (χ1n) is 10.7. The number of nitrogens with zero attached hydrogens (tertiary/aromatic N) is 2. The molecular weight excluding hydrogens is 368 g/mol. The summed E-state index contributed by atoms with van der Waals surface area (Å²) in [4.78, 5) is 13.4. The molecule has 5 fully saturated rings. The second-order valence-corrected chi connectivity index (χ2v) is 10.9. The molecule has 28 heavy (non-hydrogen) atoms. The molecule has 0 unspecified atom stereocenters. The van der Waals surface area contributed by atoms with E-state index >= 15 is 0 Å². The highest BCUT2D eigenvalue weighted by molar-refractivity contribution is 6.24. The summed E-state index contributed by atoms with van der Waals surface area (Å²) in [5.74, 6) is 2.12. The van der Waals surface area contributed by atoms with Crippen molar-refractivity contribution in [1.29, 1.82) is 0 Å². The highest BCUT2D eigenvalue weighted by Gasteiger charge is 2.63. The Morgan fingerprint density at radius 1 is 0.964 bits per heavy atom. The van der Waals surface area contributed by atoms with Gasteiger partial charge in [-0.25, -0.2) is 5.01 Å². The maximum Gasteiger partial charge on any atom is 0.268 e. The van der Waals surface area contributed by atoms with Crippen LogP contribution in [0.5, 0.6) is 0 Å². The Labute approximate surface area is 171 Å². The van der Waals surface area contributed by atoms with Crippen LogP contribution in [0, 0.1) is 17.8 Å².